The number of aliphatic hydroxyl groups excluding tert-OH is 1. The Hall–Kier alpha value is -0.160. The van der Waals surface area contributed by atoms with Crippen LogP contribution in [0, 0.1) is 11.8 Å². The maximum Gasteiger partial charge on any atom is 0.0474 e. The van der Waals surface area contributed by atoms with Crippen molar-refractivity contribution in [3.63, 3.8) is 0 Å². The summed E-state index contributed by atoms with van der Waals surface area (Å²) in [7, 11) is 0. The fourth-order valence-electron chi connectivity index (χ4n) is 2.77. The number of rotatable bonds is 4. The Bertz CT molecular complexity index is 189. The van der Waals surface area contributed by atoms with Crippen LogP contribution in [0.15, 0.2) is 0 Å². The molecule has 94 valence electrons. The van der Waals surface area contributed by atoms with Gasteiger partial charge in [-0.25, -0.2) is 0 Å². The van der Waals surface area contributed by atoms with E-state index in [4.69, 9.17) is 4.74 Å². The van der Waals surface area contributed by atoms with Crippen LogP contribution in [0.4, 0.5) is 0 Å². The fourth-order valence-corrected chi connectivity index (χ4v) is 2.77. The molecule has 1 unspecified atom stereocenters. The first kappa shape index (κ1) is 12.3. The monoisotopic (exact) mass is 228 g/mol. The van der Waals surface area contributed by atoms with Gasteiger partial charge in [-0.1, -0.05) is 0 Å². The Morgan fingerprint density at radius 1 is 1.25 bits per heavy atom. The zero-order valence-electron chi connectivity index (χ0n) is 10.0. The van der Waals surface area contributed by atoms with E-state index in [1.165, 1.54) is 0 Å². The van der Waals surface area contributed by atoms with Crippen molar-refractivity contribution in [3.8, 4) is 0 Å². The minimum absolute atomic E-state index is 0.328. The largest absolute Gasteiger partial charge is 0.396 e. The third kappa shape index (κ3) is 3.42. The second-order valence-corrected chi connectivity index (χ2v) is 4.94. The predicted octanol–water partition coefficient (Wildman–Crippen LogP) is -0.0733. The molecule has 1 atom stereocenters. The maximum atomic E-state index is 9.53. The van der Waals surface area contributed by atoms with E-state index in [0.717, 1.165) is 58.8 Å². The lowest BCUT2D eigenvalue weighted by Gasteiger charge is -2.35. The minimum atomic E-state index is 0.328. The van der Waals surface area contributed by atoms with E-state index in [1.54, 1.807) is 0 Å². The molecule has 0 saturated carbocycles. The molecule has 2 N–H and O–H groups in total. The van der Waals surface area contributed by atoms with Crippen molar-refractivity contribution in [1.29, 1.82) is 0 Å². The average molecular weight is 228 g/mol. The highest BCUT2D eigenvalue weighted by Gasteiger charge is 2.25. The summed E-state index contributed by atoms with van der Waals surface area (Å²) in [5.41, 5.74) is 0. The molecule has 0 aliphatic carbocycles. The lowest BCUT2D eigenvalue weighted by molar-refractivity contribution is 0.0213. The number of nitrogens with one attached hydrogen (secondary N) is 1. The lowest BCUT2D eigenvalue weighted by Crippen LogP contribution is -2.47. The SMILES string of the molecule is OCC(CN1CCNCC1)C1CCOCC1. The van der Waals surface area contributed by atoms with Crippen molar-refractivity contribution in [1.82, 2.24) is 10.2 Å². The summed E-state index contributed by atoms with van der Waals surface area (Å²) in [6, 6.07) is 0. The van der Waals surface area contributed by atoms with Gasteiger partial charge in [-0.15, -0.1) is 0 Å². The van der Waals surface area contributed by atoms with Gasteiger partial charge in [0.2, 0.25) is 0 Å². The molecule has 2 aliphatic heterocycles. The number of hydrogen-bond acceptors (Lipinski definition) is 4. The Balaban J connectivity index is 1.78. The number of hydrogen-bond donors (Lipinski definition) is 2. The standard InChI is InChI=1S/C12H24N2O2/c15-10-12(11-1-7-16-8-2-11)9-14-5-3-13-4-6-14/h11-13,15H,1-10H2. The molecule has 2 fully saturated rings. The van der Waals surface area contributed by atoms with Crippen molar-refractivity contribution < 1.29 is 9.84 Å². The molecule has 0 spiro atoms. The van der Waals surface area contributed by atoms with Crippen LogP contribution in [0.3, 0.4) is 0 Å². The first-order valence-corrected chi connectivity index (χ1v) is 6.52. The van der Waals surface area contributed by atoms with E-state index in [1.807, 2.05) is 0 Å². The van der Waals surface area contributed by atoms with Gasteiger partial charge in [-0.05, 0) is 24.7 Å². The van der Waals surface area contributed by atoms with Crippen molar-refractivity contribution in [2.45, 2.75) is 12.8 Å². The van der Waals surface area contributed by atoms with Gasteiger partial charge in [0, 0.05) is 52.5 Å². The third-order valence-electron chi connectivity index (χ3n) is 3.87. The van der Waals surface area contributed by atoms with Crippen molar-refractivity contribution in [2.24, 2.45) is 11.8 Å². The van der Waals surface area contributed by atoms with E-state index in [0.29, 0.717) is 18.4 Å². The van der Waals surface area contributed by atoms with Gasteiger partial charge in [0.25, 0.3) is 0 Å². The van der Waals surface area contributed by atoms with Crippen LogP contribution in [0.5, 0.6) is 0 Å². The molecular formula is C12H24N2O2. The van der Waals surface area contributed by atoms with E-state index < -0.39 is 0 Å². The normalized spacial score (nSPS) is 26.8. The number of ether oxygens (including phenoxy) is 1. The van der Waals surface area contributed by atoms with Gasteiger partial charge in [-0.3, -0.25) is 0 Å². The predicted molar refractivity (Wildman–Crippen MR) is 63.4 cm³/mol. The first-order valence-electron chi connectivity index (χ1n) is 6.52. The van der Waals surface area contributed by atoms with Crippen molar-refractivity contribution >= 4 is 0 Å². The molecule has 4 nitrogen and oxygen atoms in total. The summed E-state index contributed by atoms with van der Waals surface area (Å²) < 4.78 is 5.38. The zero-order chi connectivity index (χ0) is 11.2. The summed E-state index contributed by atoms with van der Waals surface area (Å²) in [6.07, 6.45) is 2.24. The maximum absolute atomic E-state index is 9.53. The molecule has 4 heteroatoms. The topological polar surface area (TPSA) is 44.7 Å². The molecular weight excluding hydrogens is 204 g/mol. The summed E-state index contributed by atoms with van der Waals surface area (Å²) in [5.74, 6) is 1.11. The number of aliphatic hydroxyl groups is 1. The summed E-state index contributed by atoms with van der Waals surface area (Å²) in [6.45, 7) is 7.57. The van der Waals surface area contributed by atoms with Gasteiger partial charge >= 0.3 is 0 Å². The second kappa shape index (κ2) is 6.55. The molecule has 0 aromatic rings. The molecule has 0 aromatic heterocycles. The lowest BCUT2D eigenvalue weighted by atomic mass is 9.86. The van der Waals surface area contributed by atoms with E-state index in [-0.39, 0.29) is 0 Å². The highest BCUT2D eigenvalue weighted by molar-refractivity contribution is 4.77. The quantitative estimate of drug-likeness (QED) is 0.707. The van der Waals surface area contributed by atoms with E-state index in [9.17, 15) is 5.11 Å². The minimum Gasteiger partial charge on any atom is -0.396 e. The van der Waals surface area contributed by atoms with E-state index >= 15 is 0 Å². The average Bonchev–Trinajstić information content (AvgIpc) is 2.38. The molecule has 0 amide bonds. The summed E-state index contributed by atoms with van der Waals surface area (Å²) in [4.78, 5) is 2.48. The molecule has 2 saturated heterocycles. The van der Waals surface area contributed by atoms with Crippen LogP contribution in [0.2, 0.25) is 0 Å². The molecule has 0 bridgehead atoms. The first-order chi connectivity index (χ1) is 7.90. The number of piperazine rings is 1. The van der Waals surface area contributed by atoms with Crippen LogP contribution in [-0.2, 0) is 4.74 Å². The van der Waals surface area contributed by atoms with Crippen LogP contribution in [0.1, 0.15) is 12.8 Å². The molecule has 2 rings (SSSR count). The van der Waals surface area contributed by atoms with Crippen LogP contribution in [0.25, 0.3) is 0 Å². The van der Waals surface area contributed by atoms with Crippen molar-refractivity contribution in [3.05, 3.63) is 0 Å². The van der Waals surface area contributed by atoms with Crippen LogP contribution in [-0.4, -0.2) is 62.6 Å². The van der Waals surface area contributed by atoms with Gasteiger partial charge in [0.15, 0.2) is 0 Å². The molecule has 0 radical (unpaired) electrons. The molecule has 2 heterocycles. The fraction of sp³-hybridized carbons (Fsp3) is 1.00. The van der Waals surface area contributed by atoms with Gasteiger partial charge < -0.3 is 20.1 Å². The third-order valence-corrected chi connectivity index (χ3v) is 3.87. The molecule has 2 aliphatic rings. The highest BCUT2D eigenvalue weighted by Crippen LogP contribution is 2.24. The summed E-state index contributed by atoms with van der Waals surface area (Å²) >= 11 is 0. The Morgan fingerprint density at radius 3 is 2.56 bits per heavy atom. The van der Waals surface area contributed by atoms with Crippen LogP contribution >= 0.6 is 0 Å². The summed E-state index contributed by atoms with van der Waals surface area (Å²) in [5, 5.41) is 12.9. The second-order valence-electron chi connectivity index (χ2n) is 4.94. The van der Waals surface area contributed by atoms with Crippen LogP contribution < -0.4 is 5.32 Å². The Labute approximate surface area is 98.0 Å². The Morgan fingerprint density at radius 2 is 1.94 bits per heavy atom. The van der Waals surface area contributed by atoms with Gasteiger partial charge in [0.1, 0.15) is 0 Å². The highest BCUT2D eigenvalue weighted by atomic mass is 16.5. The Kier molecular flexibility index (Phi) is 5.03. The molecule has 16 heavy (non-hydrogen) atoms. The van der Waals surface area contributed by atoms with Gasteiger partial charge in [0.05, 0.1) is 0 Å². The van der Waals surface area contributed by atoms with Crippen molar-refractivity contribution in [2.75, 3.05) is 52.5 Å². The zero-order valence-corrected chi connectivity index (χ0v) is 10.0. The van der Waals surface area contributed by atoms with Gasteiger partial charge in [-0.2, -0.15) is 0 Å². The molecule has 0 aromatic carbocycles. The van der Waals surface area contributed by atoms with E-state index in [2.05, 4.69) is 10.2 Å². The number of nitrogens with zero attached hydrogens (tertiary/aromatic N) is 1. The smallest absolute Gasteiger partial charge is 0.0474 e.